The van der Waals surface area contributed by atoms with Gasteiger partial charge in [0.1, 0.15) is 10.9 Å². The average Bonchev–Trinajstić information content (AvgIpc) is 2.23. The van der Waals surface area contributed by atoms with Gasteiger partial charge in [-0.2, -0.15) is 0 Å². The Morgan fingerprint density at radius 3 is 2.79 bits per heavy atom. The molecule has 0 aliphatic heterocycles. The van der Waals surface area contributed by atoms with Crippen LogP contribution in [0.1, 0.15) is 5.56 Å². The zero-order valence-electron chi connectivity index (χ0n) is 8.04. The van der Waals surface area contributed by atoms with Gasteiger partial charge in [-0.15, -0.1) is 0 Å². The van der Waals surface area contributed by atoms with Crippen LogP contribution in [0, 0.1) is 6.92 Å². The molecule has 0 fully saturated rings. The molecule has 0 unspecified atom stereocenters. The van der Waals surface area contributed by atoms with Crippen molar-refractivity contribution in [2.24, 2.45) is 0 Å². The van der Waals surface area contributed by atoms with Crippen LogP contribution in [0.15, 0.2) is 24.4 Å². The van der Waals surface area contributed by atoms with Crippen molar-refractivity contribution < 1.29 is 4.74 Å². The number of rotatable bonds is 1. The van der Waals surface area contributed by atoms with E-state index >= 15 is 0 Å². The Bertz CT molecular complexity index is 482. The zero-order chi connectivity index (χ0) is 10.1. The van der Waals surface area contributed by atoms with Crippen molar-refractivity contribution in [1.29, 1.82) is 0 Å². The molecule has 0 radical (unpaired) electrons. The van der Waals surface area contributed by atoms with Gasteiger partial charge in [-0.05, 0) is 36.1 Å². The quantitative estimate of drug-likeness (QED) is 0.670. The third-order valence-electron chi connectivity index (χ3n) is 2.25. The lowest BCUT2D eigenvalue weighted by Crippen LogP contribution is -1.86. The van der Waals surface area contributed by atoms with E-state index in [9.17, 15) is 0 Å². The van der Waals surface area contributed by atoms with E-state index < -0.39 is 0 Å². The molecule has 2 rings (SSSR count). The Hall–Kier alpha value is -1.28. The average molecular weight is 208 g/mol. The number of ether oxygens (including phenoxy) is 1. The van der Waals surface area contributed by atoms with Crippen LogP contribution in [-0.4, -0.2) is 12.1 Å². The minimum atomic E-state index is 0.535. The maximum Gasteiger partial charge on any atom is 0.136 e. The molecule has 0 aliphatic rings. The molecule has 0 amide bonds. The molecule has 1 heterocycles. The Morgan fingerprint density at radius 2 is 2.07 bits per heavy atom. The number of hydrogen-bond acceptors (Lipinski definition) is 2. The highest BCUT2D eigenvalue weighted by Crippen LogP contribution is 2.27. The fraction of sp³-hybridized carbons (Fsp3) is 0.182. The number of fused-ring (bicyclic) bond motifs is 1. The molecule has 2 nitrogen and oxygen atoms in total. The third kappa shape index (κ3) is 1.42. The van der Waals surface area contributed by atoms with Crippen LogP contribution in [0.5, 0.6) is 5.75 Å². The van der Waals surface area contributed by atoms with Gasteiger partial charge >= 0.3 is 0 Å². The summed E-state index contributed by atoms with van der Waals surface area (Å²) < 4.78 is 5.15. The summed E-state index contributed by atoms with van der Waals surface area (Å²) in [5, 5.41) is 2.59. The van der Waals surface area contributed by atoms with Gasteiger partial charge in [0.15, 0.2) is 0 Å². The smallest absolute Gasteiger partial charge is 0.136 e. The number of aromatic nitrogens is 1. The summed E-state index contributed by atoms with van der Waals surface area (Å²) in [5.74, 6) is 0.836. The second-order valence-corrected chi connectivity index (χ2v) is 3.50. The van der Waals surface area contributed by atoms with Gasteiger partial charge in [0, 0.05) is 11.6 Å². The van der Waals surface area contributed by atoms with E-state index in [0.717, 1.165) is 22.1 Å². The summed E-state index contributed by atoms with van der Waals surface area (Å²) in [6.45, 7) is 2.01. The van der Waals surface area contributed by atoms with Gasteiger partial charge in [-0.1, -0.05) is 11.6 Å². The van der Waals surface area contributed by atoms with E-state index in [1.54, 1.807) is 13.3 Å². The van der Waals surface area contributed by atoms with E-state index in [-0.39, 0.29) is 0 Å². The predicted molar refractivity (Wildman–Crippen MR) is 58.0 cm³/mol. The van der Waals surface area contributed by atoms with Crippen molar-refractivity contribution in [2.45, 2.75) is 6.92 Å². The SMILES string of the molecule is COc1ccc2c(Cl)ncc(C)c2c1. The van der Waals surface area contributed by atoms with Crippen LogP contribution >= 0.6 is 11.6 Å². The van der Waals surface area contributed by atoms with Crippen LogP contribution in [0.25, 0.3) is 10.8 Å². The zero-order valence-corrected chi connectivity index (χ0v) is 8.80. The van der Waals surface area contributed by atoms with E-state index in [4.69, 9.17) is 16.3 Å². The van der Waals surface area contributed by atoms with Gasteiger partial charge in [0.2, 0.25) is 0 Å². The summed E-state index contributed by atoms with van der Waals surface area (Å²) in [6.07, 6.45) is 1.77. The number of hydrogen-bond donors (Lipinski definition) is 0. The maximum absolute atomic E-state index is 5.97. The van der Waals surface area contributed by atoms with Crippen molar-refractivity contribution in [1.82, 2.24) is 4.98 Å². The first-order chi connectivity index (χ1) is 6.72. The Morgan fingerprint density at radius 1 is 1.29 bits per heavy atom. The minimum Gasteiger partial charge on any atom is -0.497 e. The molecule has 72 valence electrons. The Kier molecular flexibility index (Phi) is 2.30. The number of nitrogens with zero attached hydrogens (tertiary/aromatic N) is 1. The van der Waals surface area contributed by atoms with Crippen molar-refractivity contribution in [2.75, 3.05) is 7.11 Å². The van der Waals surface area contributed by atoms with Crippen LogP contribution in [0.2, 0.25) is 5.15 Å². The van der Waals surface area contributed by atoms with Crippen molar-refractivity contribution in [3.63, 3.8) is 0 Å². The number of methoxy groups -OCH3 is 1. The van der Waals surface area contributed by atoms with Crippen molar-refractivity contribution in [3.8, 4) is 5.75 Å². The van der Waals surface area contributed by atoms with E-state index in [1.165, 1.54) is 0 Å². The molecular weight excluding hydrogens is 198 g/mol. The summed E-state index contributed by atoms with van der Waals surface area (Å²) >= 11 is 5.97. The first-order valence-electron chi connectivity index (χ1n) is 4.31. The molecule has 0 aliphatic carbocycles. The lowest BCUT2D eigenvalue weighted by atomic mass is 10.1. The molecule has 14 heavy (non-hydrogen) atoms. The molecule has 1 aromatic heterocycles. The third-order valence-corrected chi connectivity index (χ3v) is 2.55. The highest BCUT2D eigenvalue weighted by Gasteiger charge is 2.03. The molecule has 0 bridgehead atoms. The molecule has 2 aromatic rings. The first-order valence-corrected chi connectivity index (χ1v) is 4.69. The molecule has 0 spiro atoms. The van der Waals surface area contributed by atoms with Crippen molar-refractivity contribution in [3.05, 3.63) is 35.1 Å². The summed E-state index contributed by atoms with van der Waals surface area (Å²) in [4.78, 5) is 4.09. The molecular formula is C11H10ClNO. The Balaban J connectivity index is 2.80. The molecule has 0 N–H and O–H groups in total. The fourth-order valence-electron chi connectivity index (χ4n) is 1.45. The monoisotopic (exact) mass is 207 g/mol. The number of benzene rings is 1. The summed E-state index contributed by atoms with van der Waals surface area (Å²) in [6, 6.07) is 5.78. The second kappa shape index (κ2) is 3.46. The molecule has 0 saturated heterocycles. The van der Waals surface area contributed by atoms with Crippen LogP contribution in [0.3, 0.4) is 0 Å². The van der Waals surface area contributed by atoms with E-state index in [1.807, 2.05) is 25.1 Å². The van der Waals surface area contributed by atoms with Gasteiger partial charge in [0.25, 0.3) is 0 Å². The molecule has 1 aromatic carbocycles. The van der Waals surface area contributed by atoms with Crippen LogP contribution in [0.4, 0.5) is 0 Å². The van der Waals surface area contributed by atoms with Gasteiger partial charge in [-0.25, -0.2) is 4.98 Å². The lowest BCUT2D eigenvalue weighted by molar-refractivity contribution is 0.415. The lowest BCUT2D eigenvalue weighted by Gasteiger charge is -2.05. The highest BCUT2D eigenvalue weighted by molar-refractivity contribution is 6.34. The predicted octanol–water partition coefficient (Wildman–Crippen LogP) is 3.21. The molecule has 3 heteroatoms. The minimum absolute atomic E-state index is 0.535. The van der Waals surface area contributed by atoms with E-state index in [2.05, 4.69) is 4.98 Å². The van der Waals surface area contributed by atoms with Gasteiger partial charge in [-0.3, -0.25) is 0 Å². The van der Waals surface area contributed by atoms with Crippen LogP contribution < -0.4 is 4.74 Å². The fourth-order valence-corrected chi connectivity index (χ4v) is 1.66. The standard InChI is InChI=1S/C11H10ClNO/c1-7-6-13-11(12)9-4-3-8(14-2)5-10(7)9/h3-6H,1-2H3. The van der Waals surface area contributed by atoms with Crippen molar-refractivity contribution >= 4 is 22.4 Å². The van der Waals surface area contributed by atoms with Gasteiger partial charge < -0.3 is 4.74 Å². The number of aryl methyl sites for hydroxylation is 1. The topological polar surface area (TPSA) is 22.1 Å². The summed E-state index contributed by atoms with van der Waals surface area (Å²) in [5.41, 5.74) is 1.10. The highest BCUT2D eigenvalue weighted by atomic mass is 35.5. The Labute approximate surface area is 87.5 Å². The maximum atomic E-state index is 5.97. The number of halogens is 1. The van der Waals surface area contributed by atoms with Crippen LogP contribution in [-0.2, 0) is 0 Å². The second-order valence-electron chi connectivity index (χ2n) is 3.14. The normalized spacial score (nSPS) is 10.5. The number of pyridine rings is 1. The molecule has 0 atom stereocenters. The molecule has 0 saturated carbocycles. The first kappa shape index (κ1) is 9.28. The largest absolute Gasteiger partial charge is 0.497 e. The van der Waals surface area contributed by atoms with E-state index in [0.29, 0.717) is 5.15 Å². The van der Waals surface area contributed by atoms with Gasteiger partial charge in [0.05, 0.1) is 7.11 Å². The summed E-state index contributed by atoms with van der Waals surface area (Å²) in [7, 11) is 1.65.